The van der Waals surface area contributed by atoms with Crippen molar-refractivity contribution in [1.82, 2.24) is 4.98 Å². The fourth-order valence-electron chi connectivity index (χ4n) is 2.56. The standard InChI is InChI=1S/C18H16N2O3/c1-11-5-2-3-8-15(11)20-17-13-7-4-6-12(10-21)16(13)19-9-14(17)18(22)23/h2-9,21H,10H2,1H3,(H,19,20)(H,22,23). The lowest BCUT2D eigenvalue weighted by Crippen LogP contribution is -2.06. The third kappa shape index (κ3) is 2.74. The molecule has 0 radical (unpaired) electrons. The number of hydrogen-bond acceptors (Lipinski definition) is 4. The van der Waals surface area contributed by atoms with E-state index in [0.717, 1.165) is 11.3 Å². The van der Waals surface area contributed by atoms with E-state index in [2.05, 4.69) is 10.3 Å². The van der Waals surface area contributed by atoms with Crippen LogP contribution < -0.4 is 5.32 Å². The predicted octanol–water partition coefficient (Wildman–Crippen LogP) is 3.48. The molecule has 0 fully saturated rings. The molecular weight excluding hydrogens is 292 g/mol. The van der Waals surface area contributed by atoms with Gasteiger partial charge in [0.25, 0.3) is 0 Å². The smallest absolute Gasteiger partial charge is 0.339 e. The summed E-state index contributed by atoms with van der Waals surface area (Å²) < 4.78 is 0. The number of carbonyl (C=O) groups is 1. The van der Waals surface area contributed by atoms with Crippen LogP contribution in [-0.2, 0) is 6.61 Å². The van der Waals surface area contributed by atoms with Crippen molar-refractivity contribution in [3.05, 3.63) is 65.4 Å². The summed E-state index contributed by atoms with van der Waals surface area (Å²) in [6, 6.07) is 13.0. The van der Waals surface area contributed by atoms with E-state index in [1.54, 1.807) is 18.2 Å². The van der Waals surface area contributed by atoms with Gasteiger partial charge in [0.05, 0.1) is 17.8 Å². The molecule has 0 spiro atoms. The molecule has 0 unspecified atom stereocenters. The molecule has 0 atom stereocenters. The summed E-state index contributed by atoms with van der Waals surface area (Å²) in [4.78, 5) is 15.8. The van der Waals surface area contributed by atoms with Gasteiger partial charge in [-0.2, -0.15) is 0 Å². The third-order valence-corrected chi connectivity index (χ3v) is 3.79. The SMILES string of the molecule is Cc1ccccc1Nc1c(C(=O)O)cnc2c(CO)cccc12. The van der Waals surface area contributed by atoms with Crippen molar-refractivity contribution in [3.8, 4) is 0 Å². The Bertz CT molecular complexity index is 891. The second-order valence-corrected chi connectivity index (χ2v) is 5.26. The average molecular weight is 308 g/mol. The molecule has 0 aliphatic carbocycles. The third-order valence-electron chi connectivity index (χ3n) is 3.79. The van der Waals surface area contributed by atoms with Crippen LogP contribution in [0.1, 0.15) is 21.5 Å². The minimum absolute atomic E-state index is 0.0934. The molecule has 5 heteroatoms. The second-order valence-electron chi connectivity index (χ2n) is 5.26. The number of carboxylic acids is 1. The number of aliphatic hydroxyl groups excluding tert-OH is 1. The van der Waals surface area contributed by atoms with Gasteiger partial charge in [0.1, 0.15) is 5.56 Å². The van der Waals surface area contributed by atoms with Crippen molar-refractivity contribution in [2.45, 2.75) is 13.5 Å². The number of benzene rings is 2. The largest absolute Gasteiger partial charge is 0.478 e. The molecule has 3 N–H and O–H groups in total. The van der Waals surface area contributed by atoms with Gasteiger partial charge in [-0.15, -0.1) is 0 Å². The van der Waals surface area contributed by atoms with Crippen LogP contribution in [0.15, 0.2) is 48.7 Å². The van der Waals surface area contributed by atoms with E-state index in [9.17, 15) is 15.0 Å². The van der Waals surface area contributed by atoms with Crippen LogP contribution in [0, 0.1) is 6.92 Å². The number of rotatable bonds is 4. The molecule has 0 saturated carbocycles. The van der Waals surface area contributed by atoms with E-state index in [1.807, 2.05) is 31.2 Å². The van der Waals surface area contributed by atoms with Crippen molar-refractivity contribution in [2.24, 2.45) is 0 Å². The number of aromatic carboxylic acids is 1. The Hall–Kier alpha value is -2.92. The predicted molar refractivity (Wildman–Crippen MR) is 89.1 cm³/mol. The number of aromatic nitrogens is 1. The molecule has 1 heterocycles. The number of nitrogens with one attached hydrogen (secondary N) is 1. The van der Waals surface area contributed by atoms with Crippen LogP contribution in [-0.4, -0.2) is 21.2 Å². The van der Waals surface area contributed by atoms with Crippen LogP contribution in [0.4, 0.5) is 11.4 Å². The first kappa shape index (κ1) is 15.0. The first-order valence-electron chi connectivity index (χ1n) is 7.19. The minimum Gasteiger partial charge on any atom is -0.478 e. The van der Waals surface area contributed by atoms with Gasteiger partial charge >= 0.3 is 5.97 Å². The van der Waals surface area contributed by atoms with Crippen molar-refractivity contribution >= 4 is 28.2 Å². The number of aliphatic hydroxyl groups is 1. The van der Waals surface area contributed by atoms with Crippen molar-refractivity contribution in [3.63, 3.8) is 0 Å². The van der Waals surface area contributed by atoms with Gasteiger partial charge in [-0.1, -0.05) is 36.4 Å². The van der Waals surface area contributed by atoms with E-state index < -0.39 is 5.97 Å². The zero-order chi connectivity index (χ0) is 16.4. The maximum Gasteiger partial charge on any atom is 0.339 e. The van der Waals surface area contributed by atoms with Crippen LogP contribution in [0.3, 0.4) is 0 Å². The Balaban J connectivity index is 2.25. The van der Waals surface area contributed by atoms with E-state index in [0.29, 0.717) is 22.2 Å². The van der Waals surface area contributed by atoms with Crippen LogP contribution >= 0.6 is 0 Å². The first-order valence-corrected chi connectivity index (χ1v) is 7.19. The molecule has 3 rings (SSSR count). The highest BCUT2D eigenvalue weighted by Crippen LogP contribution is 2.31. The summed E-state index contributed by atoms with van der Waals surface area (Å²) in [6.45, 7) is 1.80. The molecule has 0 bridgehead atoms. The van der Waals surface area contributed by atoms with E-state index in [4.69, 9.17) is 0 Å². The quantitative estimate of drug-likeness (QED) is 0.687. The summed E-state index contributed by atoms with van der Waals surface area (Å²) in [6.07, 6.45) is 1.32. The van der Waals surface area contributed by atoms with Gasteiger partial charge in [0.15, 0.2) is 0 Å². The molecule has 3 aromatic rings. The van der Waals surface area contributed by atoms with E-state index in [-0.39, 0.29) is 12.2 Å². The topological polar surface area (TPSA) is 82.5 Å². The zero-order valence-electron chi connectivity index (χ0n) is 12.6. The van der Waals surface area contributed by atoms with Gasteiger partial charge in [-0.3, -0.25) is 4.98 Å². The average Bonchev–Trinajstić information content (AvgIpc) is 2.56. The van der Waals surface area contributed by atoms with Gasteiger partial charge in [-0.25, -0.2) is 4.79 Å². The van der Waals surface area contributed by atoms with E-state index >= 15 is 0 Å². The second kappa shape index (κ2) is 6.06. The Morgan fingerprint density at radius 1 is 1.17 bits per heavy atom. The molecule has 1 aromatic heterocycles. The Morgan fingerprint density at radius 2 is 1.96 bits per heavy atom. The highest BCUT2D eigenvalue weighted by molar-refractivity contribution is 6.06. The highest BCUT2D eigenvalue weighted by atomic mass is 16.4. The molecule has 0 aliphatic rings. The van der Waals surface area contributed by atoms with Gasteiger partial charge in [-0.05, 0) is 18.6 Å². The number of pyridine rings is 1. The van der Waals surface area contributed by atoms with Gasteiger partial charge in [0, 0.05) is 22.8 Å². The number of nitrogens with zero attached hydrogens (tertiary/aromatic N) is 1. The summed E-state index contributed by atoms with van der Waals surface area (Å²) in [7, 11) is 0. The molecule has 2 aromatic carbocycles. The molecule has 5 nitrogen and oxygen atoms in total. The lowest BCUT2D eigenvalue weighted by atomic mass is 10.0. The van der Waals surface area contributed by atoms with Gasteiger partial charge < -0.3 is 15.5 Å². The molecule has 116 valence electrons. The van der Waals surface area contributed by atoms with Crippen molar-refractivity contribution in [2.75, 3.05) is 5.32 Å². The zero-order valence-corrected chi connectivity index (χ0v) is 12.6. The summed E-state index contributed by atoms with van der Waals surface area (Å²) in [5.74, 6) is -1.05. The fourth-order valence-corrected chi connectivity index (χ4v) is 2.56. The number of carboxylic acid groups (broad SMARTS) is 1. The van der Waals surface area contributed by atoms with Crippen molar-refractivity contribution < 1.29 is 15.0 Å². The number of aryl methyl sites for hydroxylation is 1. The molecule has 0 aliphatic heterocycles. The maximum absolute atomic E-state index is 11.6. The summed E-state index contributed by atoms with van der Waals surface area (Å²) in [5.41, 5.74) is 3.66. The number of anilines is 2. The number of hydrogen-bond donors (Lipinski definition) is 3. The van der Waals surface area contributed by atoms with Crippen molar-refractivity contribution in [1.29, 1.82) is 0 Å². The number of fused-ring (bicyclic) bond motifs is 1. The Kier molecular flexibility index (Phi) is 3.95. The molecule has 0 amide bonds. The molecule has 23 heavy (non-hydrogen) atoms. The lowest BCUT2D eigenvalue weighted by molar-refractivity contribution is 0.0697. The van der Waals surface area contributed by atoms with E-state index in [1.165, 1.54) is 6.20 Å². The van der Waals surface area contributed by atoms with Gasteiger partial charge in [0.2, 0.25) is 0 Å². The number of para-hydroxylation sites is 2. The Labute approximate surface area is 133 Å². The highest BCUT2D eigenvalue weighted by Gasteiger charge is 2.16. The Morgan fingerprint density at radius 3 is 2.65 bits per heavy atom. The van der Waals surface area contributed by atoms with Crippen LogP contribution in [0.25, 0.3) is 10.9 Å². The monoisotopic (exact) mass is 308 g/mol. The maximum atomic E-state index is 11.6. The minimum atomic E-state index is -1.05. The molecular formula is C18H16N2O3. The summed E-state index contributed by atoms with van der Waals surface area (Å²) >= 11 is 0. The first-order chi connectivity index (χ1) is 11.1. The molecule has 0 saturated heterocycles. The summed E-state index contributed by atoms with van der Waals surface area (Å²) in [5, 5.41) is 22.8. The lowest BCUT2D eigenvalue weighted by Gasteiger charge is -2.15. The normalized spacial score (nSPS) is 10.7. The fraction of sp³-hybridized carbons (Fsp3) is 0.111. The van der Waals surface area contributed by atoms with Crippen LogP contribution in [0.2, 0.25) is 0 Å². The van der Waals surface area contributed by atoms with Crippen LogP contribution in [0.5, 0.6) is 0 Å².